The maximum atomic E-state index is 4.30. The van der Waals surface area contributed by atoms with Crippen LogP contribution in [0.3, 0.4) is 0 Å². The molecule has 3 rings (SSSR count). The van der Waals surface area contributed by atoms with Crippen molar-refractivity contribution in [2.45, 2.75) is 32.2 Å². The highest BCUT2D eigenvalue weighted by atomic mass is 15.3. The van der Waals surface area contributed by atoms with E-state index in [-0.39, 0.29) is 0 Å². The topological polar surface area (TPSA) is 55.1 Å². The van der Waals surface area contributed by atoms with Crippen LogP contribution in [0.5, 0.6) is 0 Å². The maximum absolute atomic E-state index is 4.30. The maximum Gasteiger partial charge on any atom is 0.163 e. The van der Waals surface area contributed by atoms with Crippen molar-refractivity contribution in [3.05, 3.63) is 23.9 Å². The van der Waals surface area contributed by atoms with Crippen LogP contribution in [0, 0.1) is 6.92 Å². The normalized spacial score (nSPS) is 25.4. The summed E-state index contributed by atoms with van der Waals surface area (Å²) in [4.78, 5) is 4.30. The lowest BCUT2D eigenvalue weighted by Crippen LogP contribution is -2.22. The third kappa shape index (κ3) is 1.39. The molecule has 0 amide bonds. The molecule has 2 aromatic rings. The molecule has 0 radical (unpaired) electrons. The molecule has 0 bridgehead atoms. The van der Waals surface area contributed by atoms with Crippen LogP contribution in [-0.2, 0) is 0 Å². The third-order valence-corrected chi connectivity index (χ3v) is 3.32. The minimum atomic E-state index is 0.444. The van der Waals surface area contributed by atoms with Crippen LogP contribution in [-0.4, -0.2) is 32.2 Å². The molecule has 2 aromatic heterocycles. The number of fused-ring (bicyclic) bond motifs is 1. The fraction of sp³-hybridized carbons (Fsp3) is 0.545. The smallest absolute Gasteiger partial charge is 0.163 e. The molecule has 0 spiro atoms. The van der Waals surface area contributed by atoms with Gasteiger partial charge in [0.1, 0.15) is 12.2 Å². The Labute approximate surface area is 93.9 Å². The number of nitrogens with zero attached hydrogens (tertiary/aromatic N) is 4. The Morgan fingerprint density at radius 1 is 1.44 bits per heavy atom. The first-order valence-corrected chi connectivity index (χ1v) is 5.66. The predicted octanol–water partition coefficient (Wildman–Crippen LogP) is 0.898. The quantitative estimate of drug-likeness (QED) is 0.771. The Hall–Kier alpha value is -1.49. The number of nitrogens with one attached hydrogen (secondary N) is 1. The van der Waals surface area contributed by atoms with E-state index in [0.717, 1.165) is 30.1 Å². The Morgan fingerprint density at radius 3 is 3.06 bits per heavy atom. The van der Waals surface area contributed by atoms with Crippen LogP contribution >= 0.6 is 0 Å². The van der Waals surface area contributed by atoms with Crippen LogP contribution < -0.4 is 5.32 Å². The molecule has 1 N–H and O–H groups in total. The molecular weight excluding hydrogens is 202 g/mol. The van der Waals surface area contributed by atoms with Gasteiger partial charge in [0.25, 0.3) is 0 Å². The molecule has 2 atom stereocenters. The largest absolute Gasteiger partial charge is 0.314 e. The molecule has 5 heteroatoms. The highest BCUT2D eigenvalue weighted by Gasteiger charge is 2.28. The van der Waals surface area contributed by atoms with Gasteiger partial charge in [-0.3, -0.25) is 4.40 Å². The summed E-state index contributed by atoms with van der Waals surface area (Å²) in [5.41, 5.74) is 1.87. The van der Waals surface area contributed by atoms with Crippen LogP contribution in [0.2, 0.25) is 0 Å². The van der Waals surface area contributed by atoms with Gasteiger partial charge >= 0.3 is 0 Å². The SMILES string of the molecule is Cc1cc2nnc(C3CCNC3C)n2cn1. The second kappa shape index (κ2) is 3.52. The molecule has 0 aromatic carbocycles. The molecule has 5 nitrogen and oxygen atoms in total. The van der Waals surface area contributed by atoms with Crippen molar-refractivity contribution in [1.82, 2.24) is 24.9 Å². The van der Waals surface area contributed by atoms with E-state index in [9.17, 15) is 0 Å². The first kappa shape index (κ1) is 9.72. The van der Waals surface area contributed by atoms with Crippen LogP contribution in [0.4, 0.5) is 0 Å². The lowest BCUT2D eigenvalue weighted by Gasteiger charge is -2.12. The van der Waals surface area contributed by atoms with Crippen molar-refractivity contribution < 1.29 is 0 Å². The fourth-order valence-corrected chi connectivity index (χ4v) is 2.37. The second-order valence-electron chi connectivity index (χ2n) is 4.45. The zero-order chi connectivity index (χ0) is 11.1. The van der Waals surface area contributed by atoms with Gasteiger partial charge < -0.3 is 5.32 Å². The predicted molar refractivity (Wildman–Crippen MR) is 60.3 cm³/mol. The average molecular weight is 217 g/mol. The average Bonchev–Trinajstić information content (AvgIpc) is 2.83. The molecular formula is C11H15N5. The summed E-state index contributed by atoms with van der Waals surface area (Å²) < 4.78 is 2.00. The third-order valence-electron chi connectivity index (χ3n) is 3.32. The lowest BCUT2D eigenvalue weighted by molar-refractivity contribution is 0.562. The molecule has 0 saturated carbocycles. The Morgan fingerprint density at radius 2 is 2.31 bits per heavy atom. The van der Waals surface area contributed by atoms with Gasteiger partial charge in [-0.05, 0) is 26.8 Å². The highest BCUT2D eigenvalue weighted by Crippen LogP contribution is 2.26. The molecule has 3 heterocycles. The van der Waals surface area contributed by atoms with E-state index in [1.807, 2.05) is 23.7 Å². The standard InChI is InChI=1S/C11H15N5/c1-7-5-10-14-15-11(16(10)6-13-7)9-3-4-12-8(9)2/h5-6,8-9,12H,3-4H2,1-2H3. The summed E-state index contributed by atoms with van der Waals surface area (Å²) in [6.07, 6.45) is 2.95. The number of aryl methyl sites for hydroxylation is 1. The van der Waals surface area contributed by atoms with E-state index in [2.05, 4.69) is 27.4 Å². The minimum absolute atomic E-state index is 0.444. The van der Waals surface area contributed by atoms with Crippen molar-refractivity contribution in [2.24, 2.45) is 0 Å². The van der Waals surface area contributed by atoms with Gasteiger partial charge in [-0.25, -0.2) is 4.98 Å². The highest BCUT2D eigenvalue weighted by molar-refractivity contribution is 5.38. The van der Waals surface area contributed by atoms with E-state index >= 15 is 0 Å². The molecule has 2 unspecified atom stereocenters. The van der Waals surface area contributed by atoms with Gasteiger partial charge in [0, 0.05) is 23.7 Å². The lowest BCUT2D eigenvalue weighted by atomic mass is 10.0. The second-order valence-corrected chi connectivity index (χ2v) is 4.45. The zero-order valence-corrected chi connectivity index (χ0v) is 9.51. The van der Waals surface area contributed by atoms with Gasteiger partial charge in [0.15, 0.2) is 5.65 Å². The van der Waals surface area contributed by atoms with Crippen molar-refractivity contribution in [3.8, 4) is 0 Å². The summed E-state index contributed by atoms with van der Waals surface area (Å²) in [5, 5.41) is 11.9. The molecule has 1 saturated heterocycles. The Bertz CT molecular complexity index is 518. The number of hydrogen-bond donors (Lipinski definition) is 1. The first-order valence-electron chi connectivity index (χ1n) is 5.66. The number of hydrogen-bond acceptors (Lipinski definition) is 4. The van der Waals surface area contributed by atoms with Crippen LogP contribution in [0.1, 0.15) is 30.8 Å². The van der Waals surface area contributed by atoms with E-state index < -0.39 is 0 Å². The first-order chi connectivity index (χ1) is 7.75. The van der Waals surface area contributed by atoms with Crippen molar-refractivity contribution in [1.29, 1.82) is 0 Å². The van der Waals surface area contributed by atoms with Gasteiger partial charge in [-0.2, -0.15) is 0 Å². The molecule has 16 heavy (non-hydrogen) atoms. The zero-order valence-electron chi connectivity index (χ0n) is 9.51. The van der Waals surface area contributed by atoms with Gasteiger partial charge in [0.2, 0.25) is 0 Å². The van der Waals surface area contributed by atoms with Gasteiger partial charge in [-0.15, -0.1) is 10.2 Å². The van der Waals surface area contributed by atoms with E-state index in [0.29, 0.717) is 12.0 Å². The van der Waals surface area contributed by atoms with Crippen molar-refractivity contribution in [3.63, 3.8) is 0 Å². The van der Waals surface area contributed by atoms with Crippen LogP contribution in [0.25, 0.3) is 5.65 Å². The summed E-state index contributed by atoms with van der Waals surface area (Å²) in [6, 6.07) is 2.43. The number of aromatic nitrogens is 4. The summed E-state index contributed by atoms with van der Waals surface area (Å²) in [6.45, 7) is 5.22. The molecule has 1 aliphatic heterocycles. The van der Waals surface area contributed by atoms with Crippen molar-refractivity contribution in [2.75, 3.05) is 6.54 Å². The molecule has 1 fully saturated rings. The fourth-order valence-electron chi connectivity index (χ4n) is 2.37. The van der Waals surface area contributed by atoms with E-state index in [4.69, 9.17) is 0 Å². The molecule has 84 valence electrons. The summed E-state index contributed by atoms with van der Waals surface area (Å²) in [5.74, 6) is 1.47. The van der Waals surface area contributed by atoms with E-state index in [1.165, 1.54) is 0 Å². The summed E-state index contributed by atoms with van der Waals surface area (Å²) >= 11 is 0. The number of rotatable bonds is 1. The van der Waals surface area contributed by atoms with Crippen molar-refractivity contribution >= 4 is 5.65 Å². The monoisotopic (exact) mass is 217 g/mol. The Kier molecular flexibility index (Phi) is 2.14. The summed E-state index contributed by atoms with van der Waals surface area (Å²) in [7, 11) is 0. The van der Waals surface area contributed by atoms with Crippen LogP contribution in [0.15, 0.2) is 12.4 Å². The molecule has 1 aliphatic rings. The van der Waals surface area contributed by atoms with Gasteiger partial charge in [-0.1, -0.05) is 0 Å². The Balaban J connectivity index is 2.10. The van der Waals surface area contributed by atoms with Gasteiger partial charge in [0.05, 0.1) is 0 Å². The minimum Gasteiger partial charge on any atom is -0.314 e. The molecule has 0 aliphatic carbocycles. The van der Waals surface area contributed by atoms with E-state index in [1.54, 1.807) is 0 Å².